The highest BCUT2D eigenvalue weighted by Crippen LogP contribution is 2.36. The zero-order valence-corrected chi connectivity index (χ0v) is 13.6. The summed E-state index contributed by atoms with van der Waals surface area (Å²) in [6, 6.07) is 2.60. The highest BCUT2D eigenvalue weighted by Gasteiger charge is 2.15. The largest absolute Gasteiger partial charge is 0.488 e. The van der Waals surface area contributed by atoms with Crippen LogP contribution in [0.2, 0.25) is 10.0 Å². The van der Waals surface area contributed by atoms with Gasteiger partial charge in [0, 0.05) is 12.8 Å². The van der Waals surface area contributed by atoms with Crippen LogP contribution in [0.1, 0.15) is 19.8 Å². The number of ether oxygens (including phenoxy) is 2. The van der Waals surface area contributed by atoms with E-state index in [1.807, 2.05) is 6.92 Å². The van der Waals surface area contributed by atoms with Crippen LogP contribution in [0.5, 0.6) is 5.75 Å². The first-order valence-electron chi connectivity index (χ1n) is 6.66. The van der Waals surface area contributed by atoms with Gasteiger partial charge in [-0.1, -0.05) is 36.5 Å². The highest BCUT2D eigenvalue weighted by molar-refractivity contribution is 6.37. The third kappa shape index (κ3) is 5.71. The van der Waals surface area contributed by atoms with Crippen LogP contribution in [0.15, 0.2) is 12.1 Å². The number of halogens is 2. The van der Waals surface area contributed by atoms with Crippen molar-refractivity contribution in [3.05, 3.63) is 22.2 Å². The Labute approximate surface area is 134 Å². The number of hydrogen-bond donors (Lipinski definition) is 2. The Morgan fingerprint density at radius 2 is 1.95 bits per heavy atom. The molecule has 1 unspecified atom stereocenters. The summed E-state index contributed by atoms with van der Waals surface area (Å²) in [6.07, 6.45) is 1.45. The van der Waals surface area contributed by atoms with Crippen molar-refractivity contribution in [2.24, 2.45) is 5.73 Å². The average Bonchev–Trinajstić information content (AvgIpc) is 2.42. The number of anilines is 1. The van der Waals surface area contributed by atoms with Crippen molar-refractivity contribution in [3.8, 4) is 5.75 Å². The minimum absolute atomic E-state index is 0.267. The van der Waals surface area contributed by atoms with Gasteiger partial charge in [0.15, 0.2) is 5.75 Å². The molecular weight excluding hydrogens is 315 g/mol. The third-order valence-electron chi connectivity index (χ3n) is 2.74. The summed E-state index contributed by atoms with van der Waals surface area (Å²) in [6.45, 7) is 2.73. The summed E-state index contributed by atoms with van der Waals surface area (Å²) in [5.74, 6) is 0.100. The summed E-state index contributed by atoms with van der Waals surface area (Å²) < 4.78 is 10.3. The van der Waals surface area contributed by atoms with Gasteiger partial charge >= 0.3 is 0 Å². The van der Waals surface area contributed by atoms with Gasteiger partial charge in [-0.2, -0.15) is 0 Å². The van der Waals surface area contributed by atoms with Gasteiger partial charge < -0.3 is 20.5 Å². The molecular formula is C14H20Cl2N2O3. The number of rotatable bonds is 8. The van der Waals surface area contributed by atoms with E-state index in [2.05, 4.69) is 5.32 Å². The monoisotopic (exact) mass is 334 g/mol. The number of hydrogen-bond acceptors (Lipinski definition) is 4. The van der Waals surface area contributed by atoms with E-state index in [0.29, 0.717) is 41.1 Å². The lowest BCUT2D eigenvalue weighted by atomic mass is 10.1. The summed E-state index contributed by atoms with van der Waals surface area (Å²) in [7, 11) is 1.57. The molecule has 0 fully saturated rings. The molecule has 0 aliphatic heterocycles. The molecule has 3 N–H and O–H groups in total. The maximum absolute atomic E-state index is 11.9. The van der Waals surface area contributed by atoms with Crippen LogP contribution >= 0.6 is 23.2 Å². The van der Waals surface area contributed by atoms with Gasteiger partial charge in [0.1, 0.15) is 6.61 Å². The molecule has 118 valence electrons. The molecule has 0 aliphatic carbocycles. The Bertz CT molecular complexity index is 460. The molecule has 0 aromatic heterocycles. The molecule has 21 heavy (non-hydrogen) atoms. The van der Waals surface area contributed by atoms with E-state index in [-0.39, 0.29) is 5.91 Å². The number of methoxy groups -OCH3 is 1. The maximum Gasteiger partial charge on any atom is 0.241 e. The number of nitrogens with two attached hydrogens (primary N) is 1. The van der Waals surface area contributed by atoms with Gasteiger partial charge in [0.2, 0.25) is 5.91 Å². The van der Waals surface area contributed by atoms with Gasteiger partial charge in [0.25, 0.3) is 0 Å². The van der Waals surface area contributed by atoms with Gasteiger partial charge in [-0.3, -0.25) is 4.79 Å². The number of amides is 1. The van der Waals surface area contributed by atoms with Crippen molar-refractivity contribution in [2.45, 2.75) is 25.8 Å². The lowest BCUT2D eigenvalue weighted by molar-refractivity contribution is -0.117. The van der Waals surface area contributed by atoms with Crippen molar-refractivity contribution < 1.29 is 14.3 Å². The highest BCUT2D eigenvalue weighted by atomic mass is 35.5. The summed E-state index contributed by atoms with van der Waals surface area (Å²) >= 11 is 12.2. The van der Waals surface area contributed by atoms with Crippen molar-refractivity contribution in [1.29, 1.82) is 0 Å². The number of nitrogens with one attached hydrogen (secondary N) is 1. The second-order valence-electron chi connectivity index (χ2n) is 4.49. The molecule has 1 atom stereocenters. The van der Waals surface area contributed by atoms with E-state index in [1.165, 1.54) is 0 Å². The van der Waals surface area contributed by atoms with Crippen LogP contribution in [-0.4, -0.2) is 32.3 Å². The SMILES string of the molecule is CCCC(N)C(=O)Nc1cc(Cl)c(OCCOC)c(Cl)c1. The van der Waals surface area contributed by atoms with Crippen LogP contribution in [0.3, 0.4) is 0 Å². The molecule has 0 aliphatic rings. The zero-order chi connectivity index (χ0) is 15.8. The molecule has 1 aromatic carbocycles. The Balaban J connectivity index is 2.76. The Kier molecular flexibility index (Phi) is 7.82. The van der Waals surface area contributed by atoms with E-state index < -0.39 is 6.04 Å². The minimum atomic E-state index is -0.551. The molecule has 0 bridgehead atoms. The zero-order valence-electron chi connectivity index (χ0n) is 12.1. The van der Waals surface area contributed by atoms with Crippen LogP contribution in [0.25, 0.3) is 0 Å². The standard InChI is InChI=1S/C14H20Cl2N2O3/c1-3-4-12(17)14(19)18-9-7-10(15)13(11(16)8-9)21-6-5-20-2/h7-8,12H,3-6,17H2,1-2H3,(H,18,19). The van der Waals surface area contributed by atoms with Crippen molar-refractivity contribution in [1.82, 2.24) is 0 Å². The van der Waals surface area contributed by atoms with Crippen LogP contribution in [-0.2, 0) is 9.53 Å². The van der Waals surface area contributed by atoms with Gasteiger partial charge in [-0.25, -0.2) is 0 Å². The van der Waals surface area contributed by atoms with Gasteiger partial charge in [-0.05, 0) is 18.6 Å². The first kappa shape index (κ1) is 18.0. The maximum atomic E-state index is 11.9. The van der Waals surface area contributed by atoms with Gasteiger partial charge in [0.05, 0.1) is 22.7 Å². The lowest BCUT2D eigenvalue weighted by Crippen LogP contribution is -2.35. The van der Waals surface area contributed by atoms with E-state index in [9.17, 15) is 4.79 Å². The molecule has 0 saturated carbocycles. The van der Waals surface area contributed by atoms with Crippen molar-refractivity contribution in [2.75, 3.05) is 25.6 Å². The first-order valence-corrected chi connectivity index (χ1v) is 7.42. The van der Waals surface area contributed by atoms with Crippen molar-refractivity contribution in [3.63, 3.8) is 0 Å². The predicted octanol–water partition coefficient (Wildman–Crippen LogP) is 3.08. The molecule has 0 spiro atoms. The first-order chi connectivity index (χ1) is 9.99. The molecule has 0 radical (unpaired) electrons. The van der Waals surface area contributed by atoms with Crippen molar-refractivity contribution >= 4 is 34.8 Å². The topological polar surface area (TPSA) is 73.6 Å². The van der Waals surface area contributed by atoms with E-state index >= 15 is 0 Å². The Morgan fingerprint density at radius 3 is 2.48 bits per heavy atom. The minimum Gasteiger partial charge on any atom is -0.488 e. The predicted molar refractivity (Wildman–Crippen MR) is 85.3 cm³/mol. The van der Waals surface area contributed by atoms with Gasteiger partial charge in [-0.15, -0.1) is 0 Å². The van der Waals surface area contributed by atoms with E-state index in [0.717, 1.165) is 6.42 Å². The summed E-state index contributed by atoms with van der Waals surface area (Å²) in [4.78, 5) is 11.9. The number of carbonyl (C=O) groups is 1. The van der Waals surface area contributed by atoms with E-state index in [4.69, 9.17) is 38.4 Å². The molecule has 0 heterocycles. The van der Waals surface area contributed by atoms with E-state index in [1.54, 1.807) is 19.2 Å². The summed E-state index contributed by atoms with van der Waals surface area (Å²) in [5.41, 5.74) is 6.23. The van der Waals surface area contributed by atoms with Crippen LogP contribution in [0, 0.1) is 0 Å². The Morgan fingerprint density at radius 1 is 1.33 bits per heavy atom. The third-order valence-corrected chi connectivity index (χ3v) is 3.30. The molecule has 1 amide bonds. The molecule has 7 heteroatoms. The lowest BCUT2D eigenvalue weighted by Gasteiger charge is -2.14. The summed E-state index contributed by atoms with van der Waals surface area (Å²) in [5, 5.41) is 3.32. The number of benzene rings is 1. The normalized spacial score (nSPS) is 12.0. The molecule has 1 aromatic rings. The second kappa shape index (κ2) is 9.10. The second-order valence-corrected chi connectivity index (χ2v) is 5.31. The average molecular weight is 335 g/mol. The fourth-order valence-corrected chi connectivity index (χ4v) is 2.27. The quantitative estimate of drug-likeness (QED) is 0.716. The molecule has 0 saturated heterocycles. The Hall–Kier alpha value is -1.01. The van der Waals surface area contributed by atoms with Crippen LogP contribution in [0.4, 0.5) is 5.69 Å². The van der Waals surface area contributed by atoms with Crippen LogP contribution < -0.4 is 15.8 Å². The fraction of sp³-hybridized carbons (Fsp3) is 0.500. The number of carbonyl (C=O) groups excluding carboxylic acids is 1. The molecule has 1 rings (SSSR count). The molecule has 5 nitrogen and oxygen atoms in total. The smallest absolute Gasteiger partial charge is 0.241 e. The fourth-order valence-electron chi connectivity index (χ4n) is 1.67.